The largest absolute Gasteiger partial charge is 0.350 e. The Hall–Kier alpha value is -2.15. The summed E-state index contributed by atoms with van der Waals surface area (Å²) in [6.45, 7) is 1.52. The van der Waals surface area contributed by atoms with Crippen LogP contribution in [0.2, 0.25) is 5.02 Å². The van der Waals surface area contributed by atoms with Crippen LogP contribution in [0.4, 0.5) is 11.8 Å². The molecule has 0 spiro atoms. The van der Waals surface area contributed by atoms with Crippen molar-refractivity contribution in [3.05, 3.63) is 40.2 Å². The van der Waals surface area contributed by atoms with E-state index in [1.807, 2.05) is 4.90 Å². The molecule has 0 unspecified atom stereocenters. The molecule has 0 aliphatic carbocycles. The Kier molecular flexibility index (Phi) is 4.24. The molecular formula is C14H17ClN6O. The average Bonchev–Trinajstić information content (AvgIpc) is 2.53. The first kappa shape index (κ1) is 14.8. The molecule has 1 atom stereocenters. The second kappa shape index (κ2) is 6.31. The van der Waals surface area contributed by atoms with E-state index in [1.165, 1.54) is 0 Å². The van der Waals surface area contributed by atoms with Gasteiger partial charge in [0.2, 0.25) is 5.95 Å². The van der Waals surface area contributed by atoms with Gasteiger partial charge in [0.25, 0.3) is 5.56 Å². The van der Waals surface area contributed by atoms with Gasteiger partial charge in [-0.1, -0.05) is 11.6 Å². The normalized spacial score (nSPS) is 18.3. The molecule has 3 heterocycles. The van der Waals surface area contributed by atoms with Gasteiger partial charge in [-0.2, -0.15) is 0 Å². The topological polar surface area (TPSA) is 75.9 Å². The Morgan fingerprint density at radius 2 is 2.09 bits per heavy atom. The molecule has 7 nitrogen and oxygen atoms in total. The van der Waals surface area contributed by atoms with E-state index in [0.29, 0.717) is 23.3 Å². The zero-order chi connectivity index (χ0) is 15.5. The van der Waals surface area contributed by atoms with Gasteiger partial charge in [0.15, 0.2) is 5.82 Å². The molecule has 0 radical (unpaired) electrons. The maximum atomic E-state index is 12.2. The molecule has 1 N–H and O–H groups in total. The highest BCUT2D eigenvalue weighted by Gasteiger charge is 2.23. The van der Waals surface area contributed by atoms with Gasteiger partial charge in [-0.3, -0.25) is 4.79 Å². The van der Waals surface area contributed by atoms with E-state index in [2.05, 4.69) is 20.3 Å². The number of nitrogens with one attached hydrogen (secondary N) is 1. The van der Waals surface area contributed by atoms with Gasteiger partial charge in [0, 0.05) is 38.6 Å². The minimum Gasteiger partial charge on any atom is -0.350 e. The van der Waals surface area contributed by atoms with Crippen LogP contribution in [-0.4, -0.2) is 38.7 Å². The van der Waals surface area contributed by atoms with Crippen molar-refractivity contribution in [1.29, 1.82) is 0 Å². The molecule has 22 heavy (non-hydrogen) atoms. The number of hydrogen-bond donors (Lipinski definition) is 1. The highest BCUT2D eigenvalue weighted by molar-refractivity contribution is 6.30. The van der Waals surface area contributed by atoms with Gasteiger partial charge in [-0.25, -0.2) is 15.0 Å². The summed E-state index contributed by atoms with van der Waals surface area (Å²) < 4.78 is 1.54. The summed E-state index contributed by atoms with van der Waals surface area (Å²) in [4.78, 5) is 26.7. The van der Waals surface area contributed by atoms with Crippen LogP contribution in [-0.2, 0) is 7.05 Å². The van der Waals surface area contributed by atoms with Crippen molar-refractivity contribution in [3.8, 4) is 0 Å². The number of nitrogens with zero attached hydrogens (tertiary/aromatic N) is 5. The Morgan fingerprint density at radius 3 is 2.86 bits per heavy atom. The number of piperidine rings is 1. The van der Waals surface area contributed by atoms with Gasteiger partial charge < -0.3 is 14.8 Å². The zero-order valence-corrected chi connectivity index (χ0v) is 13.0. The number of rotatable bonds is 3. The van der Waals surface area contributed by atoms with Crippen molar-refractivity contribution in [2.75, 3.05) is 23.3 Å². The lowest BCUT2D eigenvalue weighted by Crippen LogP contribution is -2.45. The lowest BCUT2D eigenvalue weighted by Gasteiger charge is -2.33. The average molecular weight is 321 g/mol. The van der Waals surface area contributed by atoms with Crippen molar-refractivity contribution in [3.63, 3.8) is 0 Å². The predicted molar refractivity (Wildman–Crippen MR) is 85.4 cm³/mol. The molecule has 116 valence electrons. The van der Waals surface area contributed by atoms with Gasteiger partial charge in [-0.15, -0.1) is 0 Å². The van der Waals surface area contributed by atoms with Gasteiger partial charge in [0.05, 0.1) is 17.4 Å². The number of hydrogen-bond acceptors (Lipinski definition) is 6. The van der Waals surface area contributed by atoms with E-state index >= 15 is 0 Å². The minimum atomic E-state index is -0.0779. The molecule has 1 aliphatic rings. The molecule has 2 aromatic heterocycles. The summed E-state index contributed by atoms with van der Waals surface area (Å²) in [6, 6.07) is 0.168. The van der Waals surface area contributed by atoms with E-state index in [0.717, 1.165) is 19.4 Å². The van der Waals surface area contributed by atoms with E-state index < -0.39 is 0 Å². The summed E-state index contributed by atoms with van der Waals surface area (Å²) in [5.74, 6) is 1.04. The highest BCUT2D eigenvalue weighted by atomic mass is 35.5. The molecule has 0 saturated carbocycles. The third-order valence-corrected chi connectivity index (χ3v) is 3.87. The van der Waals surface area contributed by atoms with Crippen molar-refractivity contribution >= 4 is 23.4 Å². The zero-order valence-electron chi connectivity index (χ0n) is 12.2. The monoisotopic (exact) mass is 320 g/mol. The van der Waals surface area contributed by atoms with E-state index in [4.69, 9.17) is 11.6 Å². The fourth-order valence-electron chi connectivity index (χ4n) is 2.56. The molecule has 1 aliphatic heterocycles. The number of aromatic nitrogens is 4. The summed E-state index contributed by atoms with van der Waals surface area (Å²) in [6.07, 6.45) is 8.40. The summed E-state index contributed by atoms with van der Waals surface area (Å²) >= 11 is 5.78. The molecule has 0 bridgehead atoms. The predicted octanol–water partition coefficient (Wildman–Crippen LogP) is 1.30. The lowest BCUT2D eigenvalue weighted by molar-refractivity contribution is 0.521. The third-order valence-electron chi connectivity index (χ3n) is 3.67. The van der Waals surface area contributed by atoms with Crippen LogP contribution in [0.3, 0.4) is 0 Å². The fraction of sp³-hybridized carbons (Fsp3) is 0.429. The number of halogens is 1. The Morgan fingerprint density at radius 1 is 1.32 bits per heavy atom. The maximum Gasteiger partial charge on any atom is 0.293 e. The molecule has 8 heteroatoms. The van der Waals surface area contributed by atoms with Crippen LogP contribution in [0.25, 0.3) is 0 Å². The highest BCUT2D eigenvalue weighted by Crippen LogP contribution is 2.17. The second-order valence-electron chi connectivity index (χ2n) is 5.32. The SMILES string of the molecule is Cn1ccnc(N2CCC[C@@H](Nc3ncc(Cl)cn3)C2)c1=O. The maximum absolute atomic E-state index is 12.2. The van der Waals surface area contributed by atoms with Gasteiger partial charge in [0.1, 0.15) is 0 Å². The van der Waals surface area contributed by atoms with Crippen molar-refractivity contribution < 1.29 is 0 Å². The molecule has 3 rings (SSSR count). The van der Waals surface area contributed by atoms with Crippen LogP contribution < -0.4 is 15.8 Å². The summed E-state index contributed by atoms with van der Waals surface area (Å²) in [7, 11) is 1.73. The summed E-state index contributed by atoms with van der Waals surface area (Å²) in [5.41, 5.74) is -0.0779. The third kappa shape index (κ3) is 3.19. The van der Waals surface area contributed by atoms with E-state index in [1.54, 1.807) is 36.4 Å². The quantitative estimate of drug-likeness (QED) is 0.919. The second-order valence-corrected chi connectivity index (χ2v) is 5.76. The number of aryl methyl sites for hydroxylation is 1. The molecule has 0 aromatic carbocycles. The van der Waals surface area contributed by atoms with Crippen LogP contribution in [0, 0.1) is 0 Å². The first-order valence-corrected chi connectivity index (χ1v) is 7.52. The Bertz CT molecular complexity index is 701. The number of anilines is 2. The molecule has 0 amide bonds. The Balaban J connectivity index is 1.72. The first-order valence-electron chi connectivity index (χ1n) is 7.14. The van der Waals surface area contributed by atoms with Gasteiger partial charge >= 0.3 is 0 Å². The molecule has 1 fully saturated rings. The summed E-state index contributed by atoms with van der Waals surface area (Å²) in [5, 5.41) is 3.79. The molecule has 2 aromatic rings. The molecule has 1 saturated heterocycles. The molecular weight excluding hydrogens is 304 g/mol. The first-order chi connectivity index (χ1) is 10.6. The van der Waals surface area contributed by atoms with Crippen LogP contribution >= 0.6 is 11.6 Å². The van der Waals surface area contributed by atoms with Crippen LogP contribution in [0.15, 0.2) is 29.6 Å². The standard InChI is InChI=1S/C14H17ClN6O/c1-20-6-4-16-12(13(20)22)21-5-2-3-11(9-21)19-14-17-7-10(15)8-18-14/h4,6-8,11H,2-3,5,9H2,1H3,(H,17,18,19)/t11-/m1/s1. The van der Waals surface area contributed by atoms with Crippen molar-refractivity contribution in [2.24, 2.45) is 7.05 Å². The van der Waals surface area contributed by atoms with Crippen LogP contribution in [0.1, 0.15) is 12.8 Å². The Labute approximate surface area is 133 Å². The minimum absolute atomic E-state index is 0.0779. The van der Waals surface area contributed by atoms with Crippen molar-refractivity contribution in [1.82, 2.24) is 19.5 Å². The lowest BCUT2D eigenvalue weighted by atomic mass is 10.1. The van der Waals surface area contributed by atoms with E-state index in [-0.39, 0.29) is 11.6 Å². The van der Waals surface area contributed by atoms with Gasteiger partial charge in [-0.05, 0) is 12.8 Å². The van der Waals surface area contributed by atoms with Crippen molar-refractivity contribution in [2.45, 2.75) is 18.9 Å². The smallest absolute Gasteiger partial charge is 0.293 e. The fourth-order valence-corrected chi connectivity index (χ4v) is 2.66. The van der Waals surface area contributed by atoms with E-state index in [9.17, 15) is 4.79 Å². The van der Waals surface area contributed by atoms with Crippen LogP contribution in [0.5, 0.6) is 0 Å².